The van der Waals surface area contributed by atoms with Gasteiger partial charge in [-0.1, -0.05) is 27.2 Å². The Morgan fingerprint density at radius 2 is 1.80 bits per heavy atom. The van der Waals surface area contributed by atoms with Crippen LogP contribution >= 0.6 is 0 Å². The highest BCUT2D eigenvalue weighted by molar-refractivity contribution is 4.86. The van der Waals surface area contributed by atoms with Gasteiger partial charge in [0.2, 0.25) is 0 Å². The molecule has 2 rings (SSSR count). The summed E-state index contributed by atoms with van der Waals surface area (Å²) in [6.45, 7) is 13.8. The van der Waals surface area contributed by atoms with Crippen LogP contribution in [0, 0.1) is 0 Å². The van der Waals surface area contributed by atoms with Crippen molar-refractivity contribution < 1.29 is 0 Å². The molecular weight excluding hydrogens is 184 g/mol. The van der Waals surface area contributed by atoms with Crippen LogP contribution in [0.5, 0.6) is 0 Å². The van der Waals surface area contributed by atoms with E-state index in [0.29, 0.717) is 0 Å². The van der Waals surface area contributed by atoms with Gasteiger partial charge in [0.1, 0.15) is 0 Å². The largest absolute Gasteiger partial charge is 0.298 e. The van der Waals surface area contributed by atoms with Crippen molar-refractivity contribution in [1.82, 2.24) is 9.80 Å². The molecule has 1 unspecified atom stereocenters. The Morgan fingerprint density at radius 3 is 2.20 bits per heavy atom. The minimum Gasteiger partial charge on any atom is -0.298 e. The number of nitrogens with zero attached hydrogens (tertiary/aromatic N) is 2. The van der Waals surface area contributed by atoms with Gasteiger partial charge in [-0.2, -0.15) is 0 Å². The van der Waals surface area contributed by atoms with Crippen LogP contribution in [0.3, 0.4) is 0 Å². The van der Waals surface area contributed by atoms with Crippen molar-refractivity contribution in [2.75, 3.05) is 26.2 Å². The molecule has 0 aromatic carbocycles. The van der Waals surface area contributed by atoms with E-state index in [1.165, 1.54) is 45.4 Å². The first kappa shape index (κ1) is 13.0. The summed E-state index contributed by atoms with van der Waals surface area (Å²) in [6.07, 6.45) is 4.38. The second-order valence-corrected chi connectivity index (χ2v) is 4.56. The third kappa shape index (κ3) is 3.18. The number of piperazine rings is 1. The van der Waals surface area contributed by atoms with E-state index in [1.54, 1.807) is 0 Å². The maximum absolute atomic E-state index is 2.71. The number of rotatable bonds is 2. The van der Waals surface area contributed by atoms with Gasteiger partial charge < -0.3 is 0 Å². The van der Waals surface area contributed by atoms with Gasteiger partial charge >= 0.3 is 0 Å². The summed E-state index contributed by atoms with van der Waals surface area (Å²) < 4.78 is 0. The van der Waals surface area contributed by atoms with Crippen LogP contribution in [-0.2, 0) is 0 Å². The molecule has 1 heterocycles. The summed E-state index contributed by atoms with van der Waals surface area (Å²) in [6, 6.07) is 1.72. The lowest BCUT2D eigenvalue weighted by atomic mass is 9.90. The molecule has 2 heteroatoms. The molecule has 2 nitrogen and oxygen atoms in total. The molecule has 0 amide bonds. The molecule has 0 N–H and O–H groups in total. The van der Waals surface area contributed by atoms with Gasteiger partial charge in [-0.05, 0) is 26.3 Å². The molecule has 2 aliphatic rings. The molecule has 0 bridgehead atoms. The molecule has 1 aliphatic carbocycles. The predicted molar refractivity (Wildman–Crippen MR) is 67.3 cm³/mol. The van der Waals surface area contributed by atoms with Crippen molar-refractivity contribution in [3.63, 3.8) is 0 Å². The minimum atomic E-state index is 0.777. The van der Waals surface area contributed by atoms with Crippen LogP contribution in [0.1, 0.15) is 47.0 Å². The summed E-state index contributed by atoms with van der Waals surface area (Å²) in [4.78, 5) is 5.30. The first-order valence-electron chi connectivity index (χ1n) is 6.79. The third-order valence-corrected chi connectivity index (χ3v) is 3.79. The number of likely N-dealkylation sites (N-methyl/N-ethyl adjacent to an activating group) is 1. The average molecular weight is 212 g/mol. The minimum absolute atomic E-state index is 0.777. The van der Waals surface area contributed by atoms with Crippen molar-refractivity contribution in [1.29, 1.82) is 0 Å². The molecule has 1 atom stereocenters. The van der Waals surface area contributed by atoms with Crippen molar-refractivity contribution >= 4 is 0 Å². The molecule has 0 radical (unpaired) electrons. The highest BCUT2D eigenvalue weighted by atomic mass is 15.3. The van der Waals surface area contributed by atoms with Gasteiger partial charge in [-0.15, -0.1) is 0 Å². The summed E-state index contributed by atoms with van der Waals surface area (Å²) >= 11 is 0. The van der Waals surface area contributed by atoms with Gasteiger partial charge in [0.25, 0.3) is 0 Å². The summed E-state index contributed by atoms with van der Waals surface area (Å²) in [5, 5.41) is 0. The number of hydrogen-bond donors (Lipinski definition) is 0. The smallest absolute Gasteiger partial charge is 0.0195 e. The summed E-state index contributed by atoms with van der Waals surface area (Å²) in [7, 11) is 0. The Hall–Kier alpha value is -0.0800. The Labute approximate surface area is 95.6 Å². The van der Waals surface area contributed by atoms with Crippen LogP contribution in [-0.4, -0.2) is 48.1 Å². The quantitative estimate of drug-likeness (QED) is 0.694. The van der Waals surface area contributed by atoms with Gasteiger partial charge in [0.15, 0.2) is 0 Å². The van der Waals surface area contributed by atoms with Crippen molar-refractivity contribution in [3.8, 4) is 0 Å². The lowest BCUT2D eigenvalue weighted by molar-refractivity contribution is 0.0325. The monoisotopic (exact) mass is 212 g/mol. The van der Waals surface area contributed by atoms with Crippen LogP contribution < -0.4 is 0 Å². The molecule has 90 valence electrons. The molecule has 0 aromatic rings. The molecular formula is C13H28N2. The Kier molecular flexibility index (Phi) is 5.62. The molecule has 1 saturated carbocycles. The maximum Gasteiger partial charge on any atom is 0.0195 e. The molecule has 1 aliphatic heterocycles. The number of hydrogen-bond acceptors (Lipinski definition) is 2. The van der Waals surface area contributed by atoms with E-state index in [4.69, 9.17) is 0 Å². The van der Waals surface area contributed by atoms with E-state index in [9.17, 15) is 0 Å². The molecule has 2 fully saturated rings. The molecule has 0 aromatic heterocycles. The van der Waals surface area contributed by atoms with Gasteiger partial charge in [0, 0.05) is 31.7 Å². The SMILES string of the molecule is CC.CCN1CCN(C2CCC2)CC1C. The zero-order valence-electron chi connectivity index (χ0n) is 11.0. The van der Waals surface area contributed by atoms with Crippen molar-refractivity contribution in [2.45, 2.75) is 59.0 Å². The standard InChI is InChI=1S/C11H22N2.C2H6/c1-3-12-7-8-13(9-10(12)2)11-5-4-6-11;1-2/h10-11H,3-9H2,1-2H3;1-2H3. The average Bonchev–Trinajstić information content (AvgIpc) is 2.19. The summed E-state index contributed by atoms with van der Waals surface area (Å²) in [5.41, 5.74) is 0. The van der Waals surface area contributed by atoms with Crippen LogP contribution in [0.15, 0.2) is 0 Å². The Balaban J connectivity index is 0.000000531. The topological polar surface area (TPSA) is 6.48 Å². The Morgan fingerprint density at radius 1 is 1.13 bits per heavy atom. The van der Waals surface area contributed by atoms with E-state index in [-0.39, 0.29) is 0 Å². The maximum atomic E-state index is 2.71. The molecule has 1 saturated heterocycles. The summed E-state index contributed by atoms with van der Waals surface area (Å²) in [5.74, 6) is 0. The van der Waals surface area contributed by atoms with E-state index in [1.807, 2.05) is 13.8 Å². The first-order chi connectivity index (χ1) is 7.31. The lowest BCUT2D eigenvalue weighted by Crippen LogP contribution is -2.55. The fourth-order valence-corrected chi connectivity index (χ4v) is 2.58. The van der Waals surface area contributed by atoms with Crippen molar-refractivity contribution in [3.05, 3.63) is 0 Å². The predicted octanol–water partition coefficient (Wildman–Crippen LogP) is 2.59. The van der Waals surface area contributed by atoms with Gasteiger partial charge in [-0.25, -0.2) is 0 Å². The zero-order valence-corrected chi connectivity index (χ0v) is 11.0. The second-order valence-electron chi connectivity index (χ2n) is 4.56. The molecule has 15 heavy (non-hydrogen) atoms. The molecule has 0 spiro atoms. The zero-order chi connectivity index (χ0) is 11.3. The van der Waals surface area contributed by atoms with Crippen LogP contribution in [0.2, 0.25) is 0 Å². The van der Waals surface area contributed by atoms with E-state index >= 15 is 0 Å². The van der Waals surface area contributed by atoms with Crippen LogP contribution in [0.25, 0.3) is 0 Å². The van der Waals surface area contributed by atoms with Crippen LogP contribution in [0.4, 0.5) is 0 Å². The van der Waals surface area contributed by atoms with E-state index in [2.05, 4.69) is 23.6 Å². The van der Waals surface area contributed by atoms with E-state index in [0.717, 1.165) is 12.1 Å². The third-order valence-electron chi connectivity index (χ3n) is 3.79. The highest BCUT2D eigenvalue weighted by Crippen LogP contribution is 2.26. The van der Waals surface area contributed by atoms with Gasteiger partial charge in [-0.3, -0.25) is 9.80 Å². The lowest BCUT2D eigenvalue weighted by Gasteiger charge is -2.45. The highest BCUT2D eigenvalue weighted by Gasteiger charge is 2.30. The fourth-order valence-electron chi connectivity index (χ4n) is 2.58. The second kappa shape index (κ2) is 6.49. The normalized spacial score (nSPS) is 29.2. The first-order valence-corrected chi connectivity index (χ1v) is 6.79. The Bertz CT molecular complexity index is 166. The van der Waals surface area contributed by atoms with E-state index < -0.39 is 0 Å². The van der Waals surface area contributed by atoms with Gasteiger partial charge in [0.05, 0.1) is 0 Å². The fraction of sp³-hybridized carbons (Fsp3) is 1.00. The van der Waals surface area contributed by atoms with Crippen molar-refractivity contribution in [2.24, 2.45) is 0 Å².